The van der Waals surface area contributed by atoms with Crippen LogP contribution in [0.15, 0.2) is 18.0 Å². The van der Waals surface area contributed by atoms with Gasteiger partial charge in [-0.15, -0.1) is 11.3 Å². The third kappa shape index (κ3) is 2.16. The van der Waals surface area contributed by atoms with Crippen molar-refractivity contribution in [3.05, 3.63) is 28.7 Å². The first kappa shape index (κ1) is 11.3. The van der Waals surface area contributed by atoms with Crippen molar-refractivity contribution >= 4 is 17.2 Å². The van der Waals surface area contributed by atoms with Crippen LogP contribution in [-0.2, 0) is 4.79 Å². The maximum atomic E-state index is 11.7. The average Bonchev–Trinajstić information content (AvgIpc) is 2.75. The van der Waals surface area contributed by atoms with E-state index >= 15 is 0 Å². The number of hydrogen-bond acceptors (Lipinski definition) is 3. The van der Waals surface area contributed by atoms with Crippen LogP contribution in [0, 0.1) is 6.92 Å². The summed E-state index contributed by atoms with van der Waals surface area (Å²) in [7, 11) is 0. The monoisotopic (exact) mass is 236 g/mol. The molecule has 1 fully saturated rings. The van der Waals surface area contributed by atoms with E-state index in [-0.39, 0.29) is 11.9 Å². The van der Waals surface area contributed by atoms with Gasteiger partial charge in [-0.1, -0.05) is 6.58 Å². The van der Waals surface area contributed by atoms with Crippen molar-refractivity contribution in [2.45, 2.75) is 32.2 Å². The second kappa shape index (κ2) is 4.78. The van der Waals surface area contributed by atoms with Crippen LogP contribution in [0.2, 0.25) is 0 Å². The van der Waals surface area contributed by atoms with Gasteiger partial charge in [0.05, 0.1) is 6.04 Å². The molecule has 1 atom stereocenters. The van der Waals surface area contributed by atoms with Gasteiger partial charge >= 0.3 is 0 Å². The number of nitrogens with zero attached hydrogens (tertiary/aromatic N) is 2. The quantitative estimate of drug-likeness (QED) is 0.740. The fourth-order valence-corrected chi connectivity index (χ4v) is 3.04. The molecule has 0 spiro atoms. The Morgan fingerprint density at radius 1 is 1.69 bits per heavy atom. The molecule has 1 amide bonds. The maximum Gasteiger partial charge on any atom is 0.246 e. The number of carbonyl (C=O) groups excluding carboxylic acids is 1. The third-order valence-corrected chi connectivity index (χ3v) is 3.95. The van der Waals surface area contributed by atoms with Gasteiger partial charge in [0.2, 0.25) is 5.91 Å². The Morgan fingerprint density at radius 2 is 2.50 bits per heavy atom. The second-order valence-electron chi connectivity index (χ2n) is 4.07. The molecule has 16 heavy (non-hydrogen) atoms. The van der Waals surface area contributed by atoms with Gasteiger partial charge in [0.1, 0.15) is 5.01 Å². The Bertz CT molecular complexity index is 399. The van der Waals surface area contributed by atoms with Gasteiger partial charge in [0, 0.05) is 17.6 Å². The minimum Gasteiger partial charge on any atom is -0.330 e. The molecular weight excluding hydrogens is 220 g/mol. The standard InChI is InChI=1S/C12H16N2OS/c1-3-11(15)14-7-5-4-6-10(14)12-13-9(2)8-16-12/h3,8,10H,1,4-7H2,2H3. The average molecular weight is 236 g/mol. The summed E-state index contributed by atoms with van der Waals surface area (Å²) in [5.74, 6) is 0.0255. The number of aryl methyl sites for hydroxylation is 1. The molecule has 0 radical (unpaired) electrons. The van der Waals surface area contributed by atoms with Gasteiger partial charge in [-0.3, -0.25) is 4.79 Å². The summed E-state index contributed by atoms with van der Waals surface area (Å²) >= 11 is 1.65. The van der Waals surface area contributed by atoms with Crippen LogP contribution in [0.3, 0.4) is 0 Å². The van der Waals surface area contributed by atoms with Crippen LogP contribution < -0.4 is 0 Å². The third-order valence-electron chi connectivity index (χ3n) is 2.88. The van der Waals surface area contributed by atoms with E-state index in [0.717, 1.165) is 30.1 Å². The number of amides is 1. The molecule has 2 rings (SSSR count). The molecule has 1 aromatic heterocycles. The van der Waals surface area contributed by atoms with E-state index in [1.54, 1.807) is 11.3 Å². The van der Waals surface area contributed by atoms with E-state index in [2.05, 4.69) is 11.6 Å². The first-order chi connectivity index (χ1) is 7.72. The van der Waals surface area contributed by atoms with E-state index in [1.165, 1.54) is 12.5 Å². The van der Waals surface area contributed by atoms with E-state index in [9.17, 15) is 4.79 Å². The molecule has 1 unspecified atom stereocenters. The van der Waals surface area contributed by atoms with Crippen molar-refractivity contribution in [1.29, 1.82) is 0 Å². The zero-order chi connectivity index (χ0) is 11.5. The Hall–Kier alpha value is -1.16. The van der Waals surface area contributed by atoms with Crippen molar-refractivity contribution in [3.63, 3.8) is 0 Å². The number of thiazole rings is 1. The molecule has 1 saturated heterocycles. The highest BCUT2D eigenvalue weighted by atomic mass is 32.1. The summed E-state index contributed by atoms with van der Waals surface area (Å²) < 4.78 is 0. The van der Waals surface area contributed by atoms with E-state index < -0.39 is 0 Å². The van der Waals surface area contributed by atoms with Crippen LogP contribution >= 0.6 is 11.3 Å². The van der Waals surface area contributed by atoms with Crippen molar-refractivity contribution in [1.82, 2.24) is 9.88 Å². The van der Waals surface area contributed by atoms with Crippen molar-refractivity contribution in [2.24, 2.45) is 0 Å². The first-order valence-electron chi connectivity index (χ1n) is 5.57. The van der Waals surface area contributed by atoms with Crippen LogP contribution in [-0.4, -0.2) is 22.3 Å². The lowest BCUT2D eigenvalue weighted by atomic mass is 10.0. The summed E-state index contributed by atoms with van der Waals surface area (Å²) in [6.45, 7) is 6.38. The smallest absolute Gasteiger partial charge is 0.246 e. The van der Waals surface area contributed by atoms with E-state index in [1.807, 2.05) is 17.2 Å². The van der Waals surface area contributed by atoms with Gasteiger partial charge in [-0.25, -0.2) is 4.98 Å². The van der Waals surface area contributed by atoms with Crippen LogP contribution in [0.1, 0.15) is 36.0 Å². The molecule has 0 N–H and O–H groups in total. The molecule has 0 bridgehead atoms. The number of rotatable bonds is 2. The minimum absolute atomic E-state index is 0.0255. The number of carbonyl (C=O) groups is 1. The zero-order valence-corrected chi connectivity index (χ0v) is 10.3. The highest BCUT2D eigenvalue weighted by Crippen LogP contribution is 2.32. The van der Waals surface area contributed by atoms with Gasteiger partial charge in [0.25, 0.3) is 0 Å². The molecule has 1 aromatic rings. The SMILES string of the molecule is C=CC(=O)N1CCCCC1c1nc(C)cs1. The summed E-state index contributed by atoms with van der Waals surface area (Å²) in [6.07, 6.45) is 4.68. The molecule has 1 aliphatic heterocycles. The highest BCUT2D eigenvalue weighted by Gasteiger charge is 2.28. The molecule has 0 aliphatic carbocycles. The fraction of sp³-hybridized carbons (Fsp3) is 0.500. The summed E-state index contributed by atoms with van der Waals surface area (Å²) in [4.78, 5) is 18.1. The zero-order valence-electron chi connectivity index (χ0n) is 9.48. The largest absolute Gasteiger partial charge is 0.330 e. The predicted molar refractivity (Wildman–Crippen MR) is 65.4 cm³/mol. The number of piperidine rings is 1. The number of likely N-dealkylation sites (tertiary alicyclic amines) is 1. The van der Waals surface area contributed by atoms with Crippen molar-refractivity contribution in [3.8, 4) is 0 Å². The second-order valence-corrected chi connectivity index (χ2v) is 4.96. The van der Waals surface area contributed by atoms with Crippen LogP contribution in [0.4, 0.5) is 0 Å². The number of aromatic nitrogens is 1. The minimum atomic E-state index is 0.0255. The molecular formula is C12H16N2OS. The van der Waals surface area contributed by atoms with E-state index in [0.29, 0.717) is 0 Å². The molecule has 0 aromatic carbocycles. The lowest BCUT2D eigenvalue weighted by Crippen LogP contribution is -2.37. The highest BCUT2D eigenvalue weighted by molar-refractivity contribution is 7.09. The van der Waals surface area contributed by atoms with Gasteiger partial charge in [-0.05, 0) is 32.3 Å². The Morgan fingerprint density at radius 3 is 3.12 bits per heavy atom. The molecule has 86 valence electrons. The molecule has 1 aliphatic rings. The van der Waals surface area contributed by atoms with Crippen LogP contribution in [0.25, 0.3) is 0 Å². The summed E-state index contributed by atoms with van der Waals surface area (Å²) in [6, 6.07) is 0.165. The van der Waals surface area contributed by atoms with Gasteiger partial charge < -0.3 is 4.90 Å². The lowest BCUT2D eigenvalue weighted by Gasteiger charge is -2.33. The normalized spacial score (nSPS) is 20.8. The Kier molecular flexibility index (Phi) is 3.39. The molecule has 0 saturated carbocycles. The predicted octanol–water partition coefficient (Wildman–Crippen LogP) is 2.69. The Balaban J connectivity index is 2.22. The topological polar surface area (TPSA) is 33.2 Å². The Labute approximate surface area is 99.8 Å². The van der Waals surface area contributed by atoms with Gasteiger partial charge in [0.15, 0.2) is 0 Å². The van der Waals surface area contributed by atoms with Crippen molar-refractivity contribution in [2.75, 3.05) is 6.54 Å². The molecule has 2 heterocycles. The first-order valence-corrected chi connectivity index (χ1v) is 6.45. The maximum absolute atomic E-state index is 11.7. The lowest BCUT2D eigenvalue weighted by molar-refractivity contribution is -0.129. The van der Waals surface area contributed by atoms with E-state index in [4.69, 9.17) is 0 Å². The van der Waals surface area contributed by atoms with Crippen LogP contribution in [0.5, 0.6) is 0 Å². The van der Waals surface area contributed by atoms with Crippen molar-refractivity contribution < 1.29 is 4.79 Å². The van der Waals surface area contributed by atoms with Gasteiger partial charge in [-0.2, -0.15) is 0 Å². The number of hydrogen-bond donors (Lipinski definition) is 0. The summed E-state index contributed by atoms with van der Waals surface area (Å²) in [5, 5.41) is 3.10. The molecule has 3 nitrogen and oxygen atoms in total. The molecule has 4 heteroatoms. The fourth-order valence-electron chi connectivity index (χ4n) is 2.09. The summed E-state index contributed by atoms with van der Waals surface area (Å²) in [5.41, 5.74) is 1.04.